The first kappa shape index (κ1) is 25.0. The van der Waals surface area contributed by atoms with Gasteiger partial charge >= 0.3 is 12.1 Å². The topological polar surface area (TPSA) is 85.8 Å². The molecule has 180 valence electrons. The van der Waals surface area contributed by atoms with Crippen LogP contribution in [0.1, 0.15) is 18.5 Å². The first-order valence-electron chi connectivity index (χ1n) is 10.6. The monoisotopic (exact) mass is 484 g/mol. The lowest BCUT2D eigenvalue weighted by Gasteiger charge is -2.26. The van der Waals surface area contributed by atoms with Gasteiger partial charge in [-0.05, 0) is 32.9 Å². The molecule has 11 heteroatoms. The lowest BCUT2D eigenvalue weighted by molar-refractivity contribution is -0.192. The van der Waals surface area contributed by atoms with Gasteiger partial charge in [0.05, 0.1) is 5.69 Å². The first-order valence-corrected chi connectivity index (χ1v) is 11.4. The molecule has 1 aliphatic carbocycles. The minimum atomic E-state index is -5.08. The molecule has 1 aromatic heterocycles. The van der Waals surface area contributed by atoms with E-state index in [-0.39, 0.29) is 11.9 Å². The van der Waals surface area contributed by atoms with Crippen LogP contribution in [0.5, 0.6) is 0 Å². The number of thiazole rings is 1. The second kappa shape index (κ2) is 10.5. The summed E-state index contributed by atoms with van der Waals surface area (Å²) < 4.78 is 31.7. The van der Waals surface area contributed by atoms with Crippen LogP contribution in [0.4, 0.5) is 18.2 Å². The summed E-state index contributed by atoms with van der Waals surface area (Å²) >= 11 is 1.73. The molecule has 1 saturated carbocycles. The molecule has 1 fully saturated rings. The van der Waals surface area contributed by atoms with Crippen LogP contribution in [0.25, 0.3) is 10.6 Å². The minimum absolute atomic E-state index is 0.101. The van der Waals surface area contributed by atoms with Gasteiger partial charge in [0.25, 0.3) is 0 Å². The fraction of sp³-hybridized carbons (Fsp3) is 0.500. The summed E-state index contributed by atoms with van der Waals surface area (Å²) in [6.45, 7) is 2.53. The number of hydrogen-bond acceptors (Lipinski definition) is 6. The van der Waals surface area contributed by atoms with E-state index in [1.54, 1.807) is 11.3 Å². The summed E-state index contributed by atoms with van der Waals surface area (Å²) in [6.07, 6.45) is -1.80. The van der Waals surface area contributed by atoms with Gasteiger partial charge in [0.1, 0.15) is 16.1 Å². The average molecular weight is 485 g/mol. The highest BCUT2D eigenvalue weighted by Gasteiger charge is 2.40. The summed E-state index contributed by atoms with van der Waals surface area (Å²) in [5.41, 5.74) is 2.24. The fourth-order valence-electron chi connectivity index (χ4n) is 3.38. The third kappa shape index (κ3) is 6.91. The molecule has 1 unspecified atom stereocenters. The summed E-state index contributed by atoms with van der Waals surface area (Å²) in [5, 5.41) is 12.5. The summed E-state index contributed by atoms with van der Waals surface area (Å²) in [5.74, 6) is -1.88. The van der Waals surface area contributed by atoms with Crippen LogP contribution in [0.3, 0.4) is 0 Å². The van der Waals surface area contributed by atoms with Crippen molar-refractivity contribution in [3.8, 4) is 10.6 Å². The van der Waals surface area contributed by atoms with Crippen molar-refractivity contribution in [2.75, 3.05) is 38.6 Å². The predicted octanol–water partition coefficient (Wildman–Crippen LogP) is 3.26. The summed E-state index contributed by atoms with van der Waals surface area (Å²) in [7, 11) is 4.04. The Labute approximate surface area is 194 Å². The van der Waals surface area contributed by atoms with E-state index in [0.717, 1.165) is 41.7 Å². The van der Waals surface area contributed by atoms with E-state index in [2.05, 4.69) is 27.2 Å². The molecule has 0 saturated heterocycles. The normalized spacial score (nSPS) is 17.4. The maximum atomic E-state index is 12.8. The molecular weight excluding hydrogens is 457 g/mol. The van der Waals surface area contributed by atoms with E-state index in [9.17, 15) is 18.0 Å². The number of carbonyl (C=O) groups excluding carboxylic acids is 1. The molecule has 2 N–H and O–H groups in total. The summed E-state index contributed by atoms with van der Waals surface area (Å²) in [6, 6.07) is 10.2. The number of benzene rings is 1. The third-order valence-electron chi connectivity index (χ3n) is 5.28. The highest BCUT2D eigenvalue weighted by atomic mass is 32.1. The molecule has 1 aromatic carbocycles. The number of likely N-dealkylation sites (N-methyl/N-ethyl adjacent to an activating group) is 1. The number of amides is 1. The van der Waals surface area contributed by atoms with Crippen LogP contribution in [0.15, 0.2) is 30.3 Å². The molecule has 0 spiro atoms. The maximum absolute atomic E-state index is 12.8. The number of halogens is 3. The number of alkyl halides is 3. The Hall–Kier alpha value is -2.66. The van der Waals surface area contributed by atoms with Gasteiger partial charge in [0.2, 0.25) is 5.91 Å². The van der Waals surface area contributed by atoms with Crippen molar-refractivity contribution in [2.45, 2.75) is 31.5 Å². The standard InChI is InChI=1S/C20H26N4OS.C2HF3O2/c1-23(2)11-10-21-18(25)17-12-16-20(24(17)13-14-8-9-14)26-19(22-16)15-6-4-3-5-7-15;3-2(4,5)1(6)7/h3-7,14,17H,8-13H2,1-2H3,(H,21,25);(H,6,7). The number of carboxylic acids is 1. The van der Waals surface area contributed by atoms with Gasteiger partial charge in [0.15, 0.2) is 0 Å². The van der Waals surface area contributed by atoms with Crippen LogP contribution in [0, 0.1) is 5.92 Å². The van der Waals surface area contributed by atoms with Gasteiger partial charge in [0, 0.05) is 31.6 Å². The van der Waals surface area contributed by atoms with E-state index < -0.39 is 12.1 Å². The SMILES string of the molecule is CN(C)CCNC(=O)C1Cc2nc(-c3ccccc3)sc2N1CC1CC1.O=C(O)C(F)(F)F. The zero-order chi connectivity index (χ0) is 24.2. The smallest absolute Gasteiger partial charge is 0.475 e. The zero-order valence-electron chi connectivity index (χ0n) is 18.4. The number of nitrogens with zero attached hydrogens (tertiary/aromatic N) is 3. The molecule has 2 aliphatic rings. The Morgan fingerprint density at radius 1 is 1.24 bits per heavy atom. The Morgan fingerprint density at radius 3 is 2.42 bits per heavy atom. The van der Waals surface area contributed by atoms with E-state index in [4.69, 9.17) is 14.9 Å². The van der Waals surface area contributed by atoms with Crippen molar-refractivity contribution < 1.29 is 27.9 Å². The third-order valence-corrected chi connectivity index (χ3v) is 6.46. The second-order valence-corrected chi connectivity index (χ2v) is 9.33. The van der Waals surface area contributed by atoms with Crippen LogP contribution in [-0.4, -0.2) is 72.8 Å². The number of hydrogen-bond donors (Lipinski definition) is 2. The number of rotatable bonds is 7. The van der Waals surface area contributed by atoms with E-state index in [0.29, 0.717) is 6.54 Å². The molecule has 0 radical (unpaired) electrons. The van der Waals surface area contributed by atoms with Crippen LogP contribution >= 0.6 is 11.3 Å². The van der Waals surface area contributed by atoms with Gasteiger partial charge in [-0.1, -0.05) is 41.7 Å². The number of aromatic nitrogens is 1. The molecule has 1 amide bonds. The number of nitrogens with one attached hydrogen (secondary N) is 1. The molecule has 2 aromatic rings. The van der Waals surface area contributed by atoms with Crippen molar-refractivity contribution >= 4 is 28.2 Å². The quantitative estimate of drug-likeness (QED) is 0.628. The first-order chi connectivity index (χ1) is 15.6. The number of anilines is 1. The lowest BCUT2D eigenvalue weighted by Crippen LogP contribution is -2.47. The molecule has 2 heterocycles. The fourth-order valence-corrected chi connectivity index (χ4v) is 4.54. The molecule has 7 nitrogen and oxygen atoms in total. The Balaban J connectivity index is 0.000000383. The van der Waals surface area contributed by atoms with Gasteiger partial charge in [-0.15, -0.1) is 0 Å². The maximum Gasteiger partial charge on any atom is 0.490 e. The van der Waals surface area contributed by atoms with Gasteiger partial charge in [-0.3, -0.25) is 4.79 Å². The Kier molecular flexibility index (Phi) is 7.96. The molecule has 4 rings (SSSR count). The van der Waals surface area contributed by atoms with Crippen molar-refractivity contribution in [1.29, 1.82) is 0 Å². The highest BCUT2D eigenvalue weighted by Crippen LogP contribution is 2.43. The van der Waals surface area contributed by atoms with Crippen molar-refractivity contribution in [3.63, 3.8) is 0 Å². The van der Waals surface area contributed by atoms with E-state index in [1.807, 2.05) is 32.3 Å². The second-order valence-electron chi connectivity index (χ2n) is 8.35. The Morgan fingerprint density at radius 2 is 1.88 bits per heavy atom. The van der Waals surface area contributed by atoms with Crippen molar-refractivity contribution in [1.82, 2.24) is 15.2 Å². The molecule has 33 heavy (non-hydrogen) atoms. The Bertz CT molecular complexity index is 962. The van der Waals surface area contributed by atoms with Crippen LogP contribution in [0.2, 0.25) is 0 Å². The van der Waals surface area contributed by atoms with Gasteiger partial charge < -0.3 is 20.2 Å². The lowest BCUT2D eigenvalue weighted by atomic mass is 10.2. The highest BCUT2D eigenvalue weighted by molar-refractivity contribution is 7.19. The van der Waals surface area contributed by atoms with Crippen molar-refractivity contribution in [3.05, 3.63) is 36.0 Å². The van der Waals surface area contributed by atoms with Crippen LogP contribution < -0.4 is 10.2 Å². The average Bonchev–Trinajstić information content (AvgIpc) is 3.37. The number of fused-ring (bicyclic) bond motifs is 1. The van der Waals surface area contributed by atoms with Gasteiger partial charge in [-0.25, -0.2) is 9.78 Å². The zero-order valence-corrected chi connectivity index (χ0v) is 19.2. The molecule has 1 aliphatic heterocycles. The number of carboxylic acid groups (broad SMARTS) is 1. The van der Waals surface area contributed by atoms with Crippen LogP contribution in [-0.2, 0) is 16.0 Å². The largest absolute Gasteiger partial charge is 0.490 e. The van der Waals surface area contributed by atoms with E-state index in [1.165, 1.54) is 17.8 Å². The minimum Gasteiger partial charge on any atom is -0.475 e. The predicted molar refractivity (Wildman–Crippen MR) is 120 cm³/mol. The van der Waals surface area contributed by atoms with Crippen molar-refractivity contribution in [2.24, 2.45) is 5.92 Å². The molecular formula is C22H27F3N4O3S. The molecule has 1 atom stereocenters. The number of aliphatic carboxylic acids is 1. The van der Waals surface area contributed by atoms with E-state index >= 15 is 0 Å². The molecule has 0 bridgehead atoms. The van der Waals surface area contributed by atoms with Gasteiger partial charge in [-0.2, -0.15) is 13.2 Å². The number of carbonyl (C=O) groups is 2. The summed E-state index contributed by atoms with van der Waals surface area (Å²) in [4.78, 5) is 30.9.